The summed E-state index contributed by atoms with van der Waals surface area (Å²) in [5, 5.41) is 9.04. The maximum absolute atomic E-state index is 9.04. The molecule has 0 atom stereocenters. The highest BCUT2D eigenvalue weighted by molar-refractivity contribution is 5.45. The fraction of sp³-hybridized carbons (Fsp3) is 0.611. The number of nitriles is 1. The smallest absolute Gasteiger partial charge is 0.0683 e. The summed E-state index contributed by atoms with van der Waals surface area (Å²) in [7, 11) is 0. The minimum atomic E-state index is -0.180. The molecule has 0 aliphatic heterocycles. The van der Waals surface area contributed by atoms with E-state index in [1.165, 1.54) is 18.5 Å². The topological polar surface area (TPSA) is 27.0 Å². The minimum absolute atomic E-state index is 0.180. The molecule has 0 heterocycles. The Bertz CT molecular complexity index is 403. The van der Waals surface area contributed by atoms with E-state index < -0.39 is 0 Å². The fourth-order valence-electron chi connectivity index (χ4n) is 2.28. The van der Waals surface area contributed by atoms with Crippen LogP contribution in [0, 0.1) is 16.7 Å². The first kappa shape index (κ1) is 16.6. The molecule has 0 saturated carbocycles. The molecule has 0 aliphatic carbocycles. The first-order valence-electron chi connectivity index (χ1n) is 7.80. The number of rotatable bonds is 9. The maximum Gasteiger partial charge on any atom is 0.0683 e. The quantitative estimate of drug-likeness (QED) is 0.591. The highest BCUT2D eigenvalue weighted by Gasteiger charge is 2.15. The third-order valence-corrected chi connectivity index (χ3v) is 3.69. The Kier molecular flexibility index (Phi) is 7.15. The Morgan fingerprint density at radius 3 is 2.30 bits per heavy atom. The predicted molar refractivity (Wildman–Crippen MR) is 86.8 cm³/mol. The van der Waals surface area contributed by atoms with Crippen molar-refractivity contribution >= 4 is 5.69 Å². The molecule has 110 valence electrons. The van der Waals surface area contributed by atoms with Gasteiger partial charge in [0.15, 0.2) is 0 Å². The first-order valence-corrected chi connectivity index (χ1v) is 7.80. The van der Waals surface area contributed by atoms with E-state index in [1.54, 1.807) is 0 Å². The Balaban J connectivity index is 2.44. The van der Waals surface area contributed by atoms with Gasteiger partial charge >= 0.3 is 0 Å². The van der Waals surface area contributed by atoms with Crippen LogP contribution in [-0.2, 0) is 0 Å². The van der Waals surface area contributed by atoms with Gasteiger partial charge in [0.05, 0.1) is 11.5 Å². The van der Waals surface area contributed by atoms with E-state index in [0.29, 0.717) is 0 Å². The lowest BCUT2D eigenvalue weighted by molar-refractivity contribution is 0.426. The lowest BCUT2D eigenvalue weighted by Gasteiger charge is -2.25. The minimum Gasteiger partial charge on any atom is -0.372 e. The molecule has 0 fully saturated rings. The van der Waals surface area contributed by atoms with Crippen LogP contribution in [0.3, 0.4) is 0 Å². The summed E-state index contributed by atoms with van der Waals surface area (Å²) in [6, 6.07) is 13.0. The molecule has 0 radical (unpaired) electrons. The van der Waals surface area contributed by atoms with Crippen molar-refractivity contribution in [2.45, 2.75) is 52.9 Å². The van der Waals surface area contributed by atoms with E-state index >= 15 is 0 Å². The second-order valence-corrected chi connectivity index (χ2v) is 6.13. The van der Waals surface area contributed by atoms with Crippen molar-refractivity contribution in [3.8, 4) is 6.07 Å². The van der Waals surface area contributed by atoms with Crippen molar-refractivity contribution in [2.75, 3.05) is 18.0 Å². The summed E-state index contributed by atoms with van der Waals surface area (Å²) in [5.41, 5.74) is 1.14. The van der Waals surface area contributed by atoms with Gasteiger partial charge in [-0.2, -0.15) is 5.26 Å². The number of hydrogen-bond acceptors (Lipinski definition) is 2. The molecule has 0 N–H and O–H groups in total. The van der Waals surface area contributed by atoms with Crippen LogP contribution in [0.2, 0.25) is 0 Å². The molecule has 0 aromatic heterocycles. The lowest BCUT2D eigenvalue weighted by atomic mass is 9.89. The second-order valence-electron chi connectivity index (χ2n) is 6.13. The molecule has 0 saturated heterocycles. The van der Waals surface area contributed by atoms with Crippen LogP contribution in [0.25, 0.3) is 0 Å². The third kappa shape index (κ3) is 6.10. The van der Waals surface area contributed by atoms with Gasteiger partial charge in [0.25, 0.3) is 0 Å². The van der Waals surface area contributed by atoms with Crippen molar-refractivity contribution in [3.05, 3.63) is 30.3 Å². The van der Waals surface area contributed by atoms with Crippen molar-refractivity contribution in [1.29, 1.82) is 5.26 Å². The van der Waals surface area contributed by atoms with Crippen LogP contribution in [0.1, 0.15) is 52.9 Å². The molecule has 1 aromatic rings. The van der Waals surface area contributed by atoms with Crippen LogP contribution in [0.5, 0.6) is 0 Å². The van der Waals surface area contributed by atoms with Crippen LogP contribution >= 0.6 is 0 Å². The van der Waals surface area contributed by atoms with Crippen LogP contribution in [0.4, 0.5) is 5.69 Å². The summed E-state index contributed by atoms with van der Waals surface area (Å²) < 4.78 is 0. The molecule has 0 amide bonds. The summed E-state index contributed by atoms with van der Waals surface area (Å²) in [5.74, 6) is 0. The van der Waals surface area contributed by atoms with Crippen LogP contribution in [0.15, 0.2) is 30.3 Å². The van der Waals surface area contributed by atoms with Gasteiger partial charge in [-0.3, -0.25) is 0 Å². The molecule has 2 heteroatoms. The number of benzene rings is 1. The van der Waals surface area contributed by atoms with Crippen LogP contribution < -0.4 is 4.90 Å². The zero-order chi connectivity index (χ0) is 14.8. The molecular formula is C18H28N2. The molecule has 20 heavy (non-hydrogen) atoms. The van der Waals surface area contributed by atoms with E-state index in [-0.39, 0.29) is 5.41 Å². The van der Waals surface area contributed by atoms with Gasteiger partial charge in [-0.1, -0.05) is 38.0 Å². The second kappa shape index (κ2) is 8.64. The number of unbranched alkanes of at least 4 members (excludes halogenated alkanes) is 2. The van der Waals surface area contributed by atoms with E-state index in [9.17, 15) is 0 Å². The van der Waals surface area contributed by atoms with Crippen molar-refractivity contribution in [2.24, 2.45) is 5.41 Å². The van der Waals surface area contributed by atoms with Gasteiger partial charge in [-0.25, -0.2) is 0 Å². The number of nitrogens with zero attached hydrogens (tertiary/aromatic N) is 2. The van der Waals surface area contributed by atoms with Gasteiger partial charge in [-0.05, 0) is 45.2 Å². The van der Waals surface area contributed by atoms with Gasteiger partial charge in [0, 0.05) is 18.8 Å². The highest BCUT2D eigenvalue weighted by Crippen LogP contribution is 2.22. The molecule has 2 nitrogen and oxygen atoms in total. The normalized spacial score (nSPS) is 11.1. The number of para-hydroxylation sites is 1. The highest BCUT2D eigenvalue weighted by atomic mass is 15.1. The van der Waals surface area contributed by atoms with E-state index in [0.717, 1.165) is 32.4 Å². The van der Waals surface area contributed by atoms with E-state index in [1.807, 2.05) is 13.8 Å². The molecule has 0 spiro atoms. The molecule has 0 bridgehead atoms. The molecular weight excluding hydrogens is 244 g/mol. The first-order chi connectivity index (χ1) is 9.59. The Morgan fingerprint density at radius 1 is 1.05 bits per heavy atom. The standard InChI is InChI=1S/C18H28N2/c1-4-5-14-20(17-11-7-6-8-12-17)15-10-9-13-18(2,3)16-19/h6-8,11-12H,4-5,9-10,13-15H2,1-3H3. The summed E-state index contributed by atoms with van der Waals surface area (Å²) >= 11 is 0. The number of anilines is 1. The third-order valence-electron chi connectivity index (χ3n) is 3.69. The average Bonchev–Trinajstić information content (AvgIpc) is 2.47. The monoisotopic (exact) mass is 272 g/mol. The molecule has 0 unspecified atom stereocenters. The molecule has 1 aromatic carbocycles. The van der Waals surface area contributed by atoms with Crippen molar-refractivity contribution < 1.29 is 0 Å². The molecule has 0 aliphatic rings. The Hall–Kier alpha value is -1.49. The van der Waals surface area contributed by atoms with Crippen molar-refractivity contribution in [3.63, 3.8) is 0 Å². The van der Waals surface area contributed by atoms with E-state index in [2.05, 4.69) is 48.2 Å². The fourth-order valence-corrected chi connectivity index (χ4v) is 2.28. The van der Waals surface area contributed by atoms with Gasteiger partial charge in [-0.15, -0.1) is 0 Å². The zero-order valence-electron chi connectivity index (χ0n) is 13.2. The van der Waals surface area contributed by atoms with Gasteiger partial charge < -0.3 is 4.90 Å². The Morgan fingerprint density at radius 2 is 1.70 bits per heavy atom. The Labute approximate surface area is 124 Å². The van der Waals surface area contributed by atoms with E-state index in [4.69, 9.17) is 5.26 Å². The van der Waals surface area contributed by atoms with Crippen molar-refractivity contribution in [1.82, 2.24) is 0 Å². The molecule has 1 rings (SSSR count). The predicted octanol–water partition coefficient (Wildman–Crippen LogP) is 5.01. The summed E-state index contributed by atoms with van der Waals surface area (Å²) in [6.45, 7) is 8.50. The summed E-state index contributed by atoms with van der Waals surface area (Å²) in [4.78, 5) is 2.48. The van der Waals surface area contributed by atoms with Gasteiger partial charge in [0.1, 0.15) is 0 Å². The van der Waals surface area contributed by atoms with Gasteiger partial charge in [0.2, 0.25) is 0 Å². The number of hydrogen-bond donors (Lipinski definition) is 0. The maximum atomic E-state index is 9.04. The SMILES string of the molecule is CCCCN(CCCCC(C)(C)C#N)c1ccccc1. The van der Waals surface area contributed by atoms with Crippen LogP contribution in [-0.4, -0.2) is 13.1 Å². The lowest BCUT2D eigenvalue weighted by Crippen LogP contribution is -2.25. The largest absolute Gasteiger partial charge is 0.372 e. The zero-order valence-corrected chi connectivity index (χ0v) is 13.2. The summed E-state index contributed by atoms with van der Waals surface area (Å²) in [6.07, 6.45) is 5.73. The average molecular weight is 272 g/mol.